The van der Waals surface area contributed by atoms with Gasteiger partial charge in [0.05, 0.1) is 19.8 Å². The van der Waals surface area contributed by atoms with Crippen molar-refractivity contribution >= 4 is 5.84 Å². The lowest BCUT2D eigenvalue weighted by molar-refractivity contribution is -0.155. The van der Waals surface area contributed by atoms with Crippen LogP contribution >= 0.6 is 0 Å². The molecule has 2 heterocycles. The second-order valence-electron chi connectivity index (χ2n) is 4.69. The first-order valence-corrected chi connectivity index (χ1v) is 6.66. The van der Waals surface area contributed by atoms with Gasteiger partial charge in [0.15, 0.2) is 0 Å². The third-order valence-electron chi connectivity index (χ3n) is 3.32. The van der Waals surface area contributed by atoms with Gasteiger partial charge in [0, 0.05) is 11.1 Å². The van der Waals surface area contributed by atoms with Gasteiger partial charge in [-0.2, -0.15) is 0 Å². The lowest BCUT2D eigenvalue weighted by Gasteiger charge is -2.19. The Kier molecular flexibility index (Phi) is 3.16. The lowest BCUT2D eigenvalue weighted by atomic mass is 10.1. The van der Waals surface area contributed by atoms with Gasteiger partial charge in [0.25, 0.3) is 0 Å². The van der Waals surface area contributed by atoms with E-state index >= 15 is 0 Å². The molecular weight excluding hydrogens is 244 g/mol. The molecule has 2 aliphatic heterocycles. The van der Waals surface area contributed by atoms with Crippen LogP contribution in [-0.4, -0.2) is 25.7 Å². The highest BCUT2D eigenvalue weighted by atomic mass is 16.8. The molecule has 0 atom stereocenters. The molecule has 1 saturated heterocycles. The second-order valence-corrected chi connectivity index (χ2v) is 4.69. The summed E-state index contributed by atoms with van der Waals surface area (Å²) >= 11 is 0. The molecule has 19 heavy (non-hydrogen) atoms. The molecule has 0 bridgehead atoms. The highest BCUT2D eigenvalue weighted by Crippen LogP contribution is 2.40. The molecule has 0 aromatic heterocycles. The zero-order valence-corrected chi connectivity index (χ0v) is 11.0. The van der Waals surface area contributed by atoms with E-state index in [1.54, 1.807) is 0 Å². The molecule has 102 valence electrons. The molecule has 0 radical (unpaired) electrons. The van der Waals surface area contributed by atoms with Crippen LogP contribution in [0.3, 0.4) is 0 Å². The first kappa shape index (κ1) is 12.4. The van der Waals surface area contributed by atoms with E-state index < -0.39 is 5.91 Å². The number of fused-ring (bicyclic) bond motifs is 2. The zero-order chi connectivity index (χ0) is 13.3. The van der Waals surface area contributed by atoms with Crippen LogP contribution in [0.15, 0.2) is 23.2 Å². The van der Waals surface area contributed by atoms with Gasteiger partial charge < -0.3 is 19.9 Å². The molecular formula is C14H18N2O3. The van der Waals surface area contributed by atoms with Crippen LogP contribution < -0.4 is 10.5 Å². The minimum atomic E-state index is -1.01. The Bertz CT molecular complexity index is 507. The van der Waals surface area contributed by atoms with E-state index in [-0.39, 0.29) is 0 Å². The van der Waals surface area contributed by atoms with Gasteiger partial charge in [-0.15, -0.1) is 0 Å². The van der Waals surface area contributed by atoms with Gasteiger partial charge in [-0.25, -0.2) is 4.99 Å². The molecule has 0 aliphatic carbocycles. The Hall–Kier alpha value is -1.59. The zero-order valence-electron chi connectivity index (χ0n) is 11.0. The van der Waals surface area contributed by atoms with Gasteiger partial charge in [-0.05, 0) is 24.6 Å². The molecule has 0 saturated carbocycles. The summed E-state index contributed by atoms with van der Waals surface area (Å²) in [5, 5.41) is 0. The molecule has 0 unspecified atom stereocenters. The maximum atomic E-state index is 5.96. The number of aliphatic imine (C=N–C) groups is 1. The van der Waals surface area contributed by atoms with Crippen LogP contribution in [0.2, 0.25) is 0 Å². The number of rotatable bonds is 4. The average molecular weight is 262 g/mol. The molecule has 1 aromatic carbocycles. The number of hydrogen-bond acceptors (Lipinski definition) is 5. The average Bonchev–Trinajstić information content (AvgIpc) is 2.98. The van der Waals surface area contributed by atoms with E-state index in [4.69, 9.17) is 19.9 Å². The van der Waals surface area contributed by atoms with Gasteiger partial charge >= 0.3 is 5.91 Å². The summed E-state index contributed by atoms with van der Waals surface area (Å²) in [4.78, 5) is 4.32. The number of hydrogen-bond donors (Lipinski definition) is 1. The van der Waals surface area contributed by atoms with E-state index in [0.717, 1.165) is 29.7 Å². The number of ether oxygens (including phenoxy) is 3. The Balaban J connectivity index is 1.86. The van der Waals surface area contributed by atoms with Crippen molar-refractivity contribution in [3.8, 4) is 5.75 Å². The fraction of sp³-hybridized carbons (Fsp3) is 0.500. The number of nitrogens with two attached hydrogens (primary N) is 1. The molecule has 5 nitrogen and oxygen atoms in total. The Morgan fingerprint density at radius 1 is 1.37 bits per heavy atom. The molecule has 3 rings (SSSR count). The standard InChI is InChI=1S/C14H18N2O3/c1-2-3-6-17-10-4-5-12-11(9-10)13(15)16-14(12)18-7-8-19-14/h4-5,9H,2-3,6-8H2,1H3,(H2,15,16). The van der Waals surface area contributed by atoms with Gasteiger partial charge in [0.2, 0.25) is 0 Å². The van der Waals surface area contributed by atoms with Gasteiger partial charge in [0.1, 0.15) is 11.6 Å². The van der Waals surface area contributed by atoms with Crippen molar-refractivity contribution in [2.45, 2.75) is 25.7 Å². The van der Waals surface area contributed by atoms with Crippen molar-refractivity contribution in [2.75, 3.05) is 19.8 Å². The summed E-state index contributed by atoms with van der Waals surface area (Å²) in [6.07, 6.45) is 2.15. The van der Waals surface area contributed by atoms with E-state index in [9.17, 15) is 0 Å². The molecule has 2 N–H and O–H groups in total. The summed E-state index contributed by atoms with van der Waals surface area (Å²) in [5.41, 5.74) is 7.67. The largest absolute Gasteiger partial charge is 0.494 e. The van der Waals surface area contributed by atoms with Crippen LogP contribution in [0, 0.1) is 0 Å². The molecule has 5 heteroatoms. The predicted molar refractivity (Wildman–Crippen MR) is 71.2 cm³/mol. The van der Waals surface area contributed by atoms with E-state index in [2.05, 4.69) is 11.9 Å². The normalized spacial score (nSPS) is 19.5. The van der Waals surface area contributed by atoms with Crippen molar-refractivity contribution in [3.63, 3.8) is 0 Å². The van der Waals surface area contributed by atoms with Crippen LogP contribution in [0.4, 0.5) is 0 Å². The smallest absolute Gasteiger partial charge is 0.300 e. The van der Waals surface area contributed by atoms with Crippen molar-refractivity contribution in [3.05, 3.63) is 29.3 Å². The number of amidine groups is 1. The van der Waals surface area contributed by atoms with Gasteiger partial charge in [-0.3, -0.25) is 0 Å². The van der Waals surface area contributed by atoms with Crippen molar-refractivity contribution in [1.82, 2.24) is 0 Å². The summed E-state index contributed by atoms with van der Waals surface area (Å²) in [7, 11) is 0. The molecule has 0 amide bonds. The molecule has 1 fully saturated rings. The van der Waals surface area contributed by atoms with E-state index in [1.807, 2.05) is 18.2 Å². The lowest BCUT2D eigenvalue weighted by Crippen LogP contribution is -2.22. The fourth-order valence-electron chi connectivity index (χ4n) is 2.34. The summed E-state index contributed by atoms with van der Waals surface area (Å²) in [5.74, 6) is 0.236. The predicted octanol–water partition coefficient (Wildman–Crippen LogP) is 1.74. The maximum Gasteiger partial charge on any atom is 0.300 e. The maximum absolute atomic E-state index is 5.96. The van der Waals surface area contributed by atoms with Crippen LogP contribution in [0.5, 0.6) is 5.75 Å². The van der Waals surface area contributed by atoms with E-state index in [1.165, 1.54) is 0 Å². The summed E-state index contributed by atoms with van der Waals surface area (Å²) in [6.45, 7) is 3.91. The Morgan fingerprint density at radius 3 is 2.89 bits per heavy atom. The molecule has 2 aliphatic rings. The molecule has 1 aromatic rings. The monoisotopic (exact) mass is 262 g/mol. The first-order valence-electron chi connectivity index (χ1n) is 6.66. The topological polar surface area (TPSA) is 66.1 Å². The van der Waals surface area contributed by atoms with Crippen molar-refractivity contribution < 1.29 is 14.2 Å². The third kappa shape index (κ3) is 2.09. The van der Waals surface area contributed by atoms with E-state index in [0.29, 0.717) is 25.7 Å². The van der Waals surface area contributed by atoms with Crippen LogP contribution in [0.1, 0.15) is 30.9 Å². The highest BCUT2D eigenvalue weighted by Gasteiger charge is 2.45. The van der Waals surface area contributed by atoms with Gasteiger partial charge in [-0.1, -0.05) is 13.3 Å². The Labute approximate surface area is 112 Å². The van der Waals surface area contributed by atoms with Crippen LogP contribution in [0.25, 0.3) is 0 Å². The van der Waals surface area contributed by atoms with Crippen molar-refractivity contribution in [2.24, 2.45) is 10.7 Å². The highest BCUT2D eigenvalue weighted by molar-refractivity contribution is 6.02. The quantitative estimate of drug-likeness (QED) is 0.839. The van der Waals surface area contributed by atoms with Crippen LogP contribution in [-0.2, 0) is 15.4 Å². The number of nitrogens with zero attached hydrogens (tertiary/aromatic N) is 1. The summed E-state index contributed by atoms with van der Waals surface area (Å²) in [6, 6.07) is 5.74. The minimum Gasteiger partial charge on any atom is -0.494 e. The minimum absolute atomic E-state index is 0.442. The fourth-order valence-corrected chi connectivity index (χ4v) is 2.34. The second kappa shape index (κ2) is 4.83. The number of benzene rings is 1. The SMILES string of the molecule is CCCCOc1ccc2c(c1)C(N)=NC21OCCO1. The third-order valence-corrected chi connectivity index (χ3v) is 3.32. The van der Waals surface area contributed by atoms with Crippen molar-refractivity contribution in [1.29, 1.82) is 0 Å². The first-order chi connectivity index (χ1) is 9.25. The summed E-state index contributed by atoms with van der Waals surface area (Å²) < 4.78 is 16.9. The number of unbranched alkanes of at least 4 members (excludes halogenated alkanes) is 1. The molecule has 1 spiro atoms. The Morgan fingerprint density at radius 2 is 2.16 bits per heavy atom.